The van der Waals surface area contributed by atoms with Crippen molar-refractivity contribution in [3.8, 4) is 11.1 Å². The summed E-state index contributed by atoms with van der Waals surface area (Å²) in [5, 5.41) is 3.63. The minimum absolute atomic E-state index is 0.0216. The molecule has 1 aromatic heterocycles. The molecule has 0 bridgehead atoms. The van der Waals surface area contributed by atoms with Gasteiger partial charge in [-0.1, -0.05) is 41.4 Å². The molecule has 148 valence electrons. The molecule has 29 heavy (non-hydrogen) atoms. The number of aryl methyl sites for hydroxylation is 1. The summed E-state index contributed by atoms with van der Waals surface area (Å²) in [5.74, 6) is 0.595. The van der Waals surface area contributed by atoms with E-state index in [1.165, 1.54) is 5.56 Å². The first-order chi connectivity index (χ1) is 14.1. The van der Waals surface area contributed by atoms with Crippen molar-refractivity contribution in [2.75, 3.05) is 23.3 Å². The maximum atomic E-state index is 12.7. The van der Waals surface area contributed by atoms with Gasteiger partial charge in [0.05, 0.1) is 5.92 Å². The van der Waals surface area contributed by atoms with Gasteiger partial charge < -0.3 is 10.2 Å². The molecule has 1 N–H and O–H groups in total. The van der Waals surface area contributed by atoms with Crippen LogP contribution < -0.4 is 10.2 Å². The van der Waals surface area contributed by atoms with Gasteiger partial charge in [0.15, 0.2) is 0 Å². The van der Waals surface area contributed by atoms with Crippen LogP contribution in [0.1, 0.15) is 18.4 Å². The van der Waals surface area contributed by atoms with E-state index in [2.05, 4.69) is 51.4 Å². The van der Waals surface area contributed by atoms with Crippen molar-refractivity contribution in [1.82, 2.24) is 9.97 Å². The lowest BCUT2D eigenvalue weighted by Gasteiger charge is -2.32. The van der Waals surface area contributed by atoms with Crippen molar-refractivity contribution in [2.45, 2.75) is 19.8 Å². The Morgan fingerprint density at radius 1 is 1.03 bits per heavy atom. The second-order valence-corrected chi connectivity index (χ2v) is 7.86. The second-order valence-electron chi connectivity index (χ2n) is 7.42. The third-order valence-corrected chi connectivity index (χ3v) is 5.46. The summed E-state index contributed by atoms with van der Waals surface area (Å²) in [6, 6.07) is 15.5. The number of amides is 1. The van der Waals surface area contributed by atoms with E-state index < -0.39 is 0 Å². The predicted octanol–water partition coefficient (Wildman–Crippen LogP) is 4.96. The molecule has 1 saturated heterocycles. The number of carbonyl (C=O) groups is 1. The molecular formula is C23H23ClN4O. The van der Waals surface area contributed by atoms with Crippen molar-refractivity contribution in [3.05, 3.63) is 71.5 Å². The summed E-state index contributed by atoms with van der Waals surface area (Å²) < 4.78 is 0. The van der Waals surface area contributed by atoms with E-state index in [9.17, 15) is 4.79 Å². The fourth-order valence-electron chi connectivity index (χ4n) is 3.53. The lowest BCUT2D eigenvalue weighted by Crippen LogP contribution is -2.41. The Morgan fingerprint density at radius 3 is 2.41 bits per heavy atom. The van der Waals surface area contributed by atoms with E-state index in [4.69, 9.17) is 11.6 Å². The number of piperidine rings is 1. The number of carbonyl (C=O) groups excluding carboxylic acids is 1. The molecule has 1 fully saturated rings. The van der Waals surface area contributed by atoms with E-state index in [1.54, 1.807) is 12.1 Å². The summed E-state index contributed by atoms with van der Waals surface area (Å²) in [7, 11) is 0. The third-order valence-electron chi connectivity index (χ3n) is 5.21. The number of benzene rings is 2. The number of nitrogens with one attached hydrogen (secondary N) is 1. The lowest BCUT2D eigenvalue weighted by molar-refractivity contribution is -0.120. The molecule has 0 saturated carbocycles. The highest BCUT2D eigenvalue weighted by Crippen LogP contribution is 2.24. The molecule has 0 unspecified atom stereocenters. The normalized spacial score (nSPS) is 16.5. The molecule has 2 heterocycles. The van der Waals surface area contributed by atoms with E-state index in [0.717, 1.165) is 36.2 Å². The summed E-state index contributed by atoms with van der Waals surface area (Å²) in [6.07, 6.45) is 5.49. The van der Waals surface area contributed by atoms with Crippen molar-refractivity contribution in [1.29, 1.82) is 0 Å². The van der Waals surface area contributed by atoms with Gasteiger partial charge in [0.2, 0.25) is 11.9 Å². The summed E-state index contributed by atoms with van der Waals surface area (Å²) in [5.41, 5.74) is 4.07. The molecule has 1 aliphatic rings. The van der Waals surface area contributed by atoms with Gasteiger partial charge in [-0.3, -0.25) is 4.79 Å². The van der Waals surface area contributed by atoms with Crippen LogP contribution in [-0.2, 0) is 4.79 Å². The number of halogens is 1. The van der Waals surface area contributed by atoms with Gasteiger partial charge >= 0.3 is 0 Å². The quantitative estimate of drug-likeness (QED) is 0.665. The van der Waals surface area contributed by atoms with Crippen molar-refractivity contribution < 1.29 is 4.79 Å². The SMILES string of the molecule is Cc1ccc(-c2cnc(N3CCC[C@@H](C(=O)Nc4ccc(Cl)cc4)C3)nc2)cc1. The first kappa shape index (κ1) is 19.4. The van der Waals surface area contributed by atoms with Crippen LogP contribution in [0.2, 0.25) is 5.02 Å². The van der Waals surface area contributed by atoms with E-state index in [-0.39, 0.29) is 11.8 Å². The average molecular weight is 407 g/mol. The third kappa shape index (κ3) is 4.74. The van der Waals surface area contributed by atoms with Crippen LogP contribution >= 0.6 is 11.6 Å². The zero-order valence-electron chi connectivity index (χ0n) is 16.3. The number of hydrogen-bond acceptors (Lipinski definition) is 4. The minimum Gasteiger partial charge on any atom is -0.340 e. The molecule has 0 radical (unpaired) electrons. The number of anilines is 2. The smallest absolute Gasteiger partial charge is 0.229 e. The maximum absolute atomic E-state index is 12.7. The highest BCUT2D eigenvalue weighted by Gasteiger charge is 2.27. The first-order valence-corrected chi connectivity index (χ1v) is 10.2. The zero-order chi connectivity index (χ0) is 20.2. The Bertz CT molecular complexity index is 971. The topological polar surface area (TPSA) is 58.1 Å². The molecule has 2 aromatic carbocycles. The molecule has 1 aliphatic heterocycles. The number of aromatic nitrogens is 2. The summed E-state index contributed by atoms with van der Waals surface area (Å²) in [6.45, 7) is 3.54. The fourth-order valence-corrected chi connectivity index (χ4v) is 3.66. The zero-order valence-corrected chi connectivity index (χ0v) is 17.1. The molecule has 3 aromatic rings. The van der Waals surface area contributed by atoms with Crippen LogP contribution in [-0.4, -0.2) is 29.0 Å². The number of rotatable bonds is 4. The standard InChI is InChI=1S/C23H23ClN4O/c1-16-4-6-17(7-5-16)19-13-25-23(26-14-19)28-12-2-3-18(15-28)22(29)27-21-10-8-20(24)9-11-21/h4-11,13-14,18H,2-3,12,15H2,1H3,(H,27,29)/t18-/m1/s1. The molecule has 0 aliphatic carbocycles. The largest absolute Gasteiger partial charge is 0.340 e. The molecule has 1 atom stereocenters. The molecular weight excluding hydrogens is 384 g/mol. The van der Waals surface area contributed by atoms with Crippen LogP contribution in [0.25, 0.3) is 11.1 Å². The molecule has 0 spiro atoms. The monoisotopic (exact) mass is 406 g/mol. The van der Waals surface area contributed by atoms with Gasteiger partial charge in [0.1, 0.15) is 0 Å². The van der Waals surface area contributed by atoms with Gasteiger partial charge in [0.25, 0.3) is 0 Å². The fraction of sp³-hybridized carbons (Fsp3) is 0.261. The van der Waals surface area contributed by atoms with Crippen molar-refractivity contribution in [3.63, 3.8) is 0 Å². The Kier molecular flexibility index (Phi) is 5.76. The van der Waals surface area contributed by atoms with Gasteiger partial charge in [-0.2, -0.15) is 0 Å². The second kappa shape index (κ2) is 8.62. The lowest BCUT2D eigenvalue weighted by atomic mass is 9.97. The van der Waals surface area contributed by atoms with Crippen molar-refractivity contribution >= 4 is 29.1 Å². The van der Waals surface area contributed by atoms with Gasteiger partial charge in [-0.05, 0) is 49.6 Å². The van der Waals surface area contributed by atoms with Crippen LogP contribution in [0.3, 0.4) is 0 Å². The molecule has 4 rings (SSSR count). The van der Waals surface area contributed by atoms with Gasteiger partial charge in [0, 0.05) is 41.8 Å². The highest BCUT2D eigenvalue weighted by atomic mass is 35.5. The molecule has 5 nitrogen and oxygen atoms in total. The first-order valence-electron chi connectivity index (χ1n) is 9.79. The van der Waals surface area contributed by atoms with Crippen LogP contribution in [0.4, 0.5) is 11.6 Å². The Morgan fingerprint density at radius 2 is 1.72 bits per heavy atom. The minimum atomic E-state index is -0.0974. The number of hydrogen-bond donors (Lipinski definition) is 1. The van der Waals surface area contributed by atoms with E-state index in [0.29, 0.717) is 17.5 Å². The maximum Gasteiger partial charge on any atom is 0.229 e. The molecule has 1 amide bonds. The van der Waals surface area contributed by atoms with Crippen LogP contribution in [0, 0.1) is 12.8 Å². The number of nitrogens with zero attached hydrogens (tertiary/aromatic N) is 3. The Labute approximate surface area is 175 Å². The van der Waals surface area contributed by atoms with Gasteiger partial charge in [-0.25, -0.2) is 9.97 Å². The predicted molar refractivity (Wildman–Crippen MR) is 117 cm³/mol. The average Bonchev–Trinajstić information content (AvgIpc) is 2.76. The van der Waals surface area contributed by atoms with Crippen LogP contribution in [0.15, 0.2) is 60.9 Å². The van der Waals surface area contributed by atoms with Crippen LogP contribution in [0.5, 0.6) is 0 Å². The summed E-state index contributed by atoms with van der Waals surface area (Å²) in [4.78, 5) is 23.9. The van der Waals surface area contributed by atoms with Gasteiger partial charge in [-0.15, -0.1) is 0 Å². The Balaban J connectivity index is 1.41. The van der Waals surface area contributed by atoms with E-state index >= 15 is 0 Å². The highest BCUT2D eigenvalue weighted by molar-refractivity contribution is 6.30. The molecule has 6 heteroatoms. The van der Waals surface area contributed by atoms with E-state index in [1.807, 2.05) is 24.5 Å². The van der Waals surface area contributed by atoms with Crippen molar-refractivity contribution in [2.24, 2.45) is 5.92 Å². The Hall–Kier alpha value is -2.92. The summed E-state index contributed by atoms with van der Waals surface area (Å²) >= 11 is 5.91.